The van der Waals surface area contributed by atoms with Gasteiger partial charge in [-0.25, -0.2) is 13.1 Å². The van der Waals surface area contributed by atoms with Gasteiger partial charge in [0, 0.05) is 11.1 Å². The number of rotatable bonds is 6. The van der Waals surface area contributed by atoms with Gasteiger partial charge in [-0.05, 0) is 48.7 Å². The second-order valence-corrected chi connectivity index (χ2v) is 7.44. The molecule has 0 aliphatic carbocycles. The Morgan fingerprint density at radius 2 is 1.64 bits per heavy atom. The SMILES string of the molecule is CCCc1ccc(S(=O)(=O)NC(C)c2ccc(Cl)cc2)cc1. The lowest BCUT2D eigenvalue weighted by Crippen LogP contribution is -2.26. The molecule has 0 heterocycles. The molecule has 0 saturated carbocycles. The molecule has 0 aliphatic heterocycles. The van der Waals surface area contributed by atoms with Crippen molar-refractivity contribution in [1.82, 2.24) is 4.72 Å². The summed E-state index contributed by atoms with van der Waals surface area (Å²) in [6, 6.07) is 13.9. The zero-order valence-electron chi connectivity index (χ0n) is 12.7. The molecule has 2 rings (SSSR count). The van der Waals surface area contributed by atoms with Gasteiger partial charge in [-0.2, -0.15) is 0 Å². The van der Waals surface area contributed by atoms with Crippen LogP contribution >= 0.6 is 11.6 Å². The van der Waals surface area contributed by atoms with Gasteiger partial charge in [0.1, 0.15) is 0 Å². The van der Waals surface area contributed by atoms with Crippen molar-refractivity contribution in [3.8, 4) is 0 Å². The number of halogens is 1. The lowest BCUT2D eigenvalue weighted by molar-refractivity contribution is 0.567. The van der Waals surface area contributed by atoms with Gasteiger partial charge >= 0.3 is 0 Å². The van der Waals surface area contributed by atoms with Crippen LogP contribution in [-0.4, -0.2) is 8.42 Å². The van der Waals surface area contributed by atoms with Crippen LogP contribution in [0.4, 0.5) is 0 Å². The van der Waals surface area contributed by atoms with Crippen molar-refractivity contribution < 1.29 is 8.42 Å². The molecule has 0 saturated heterocycles. The van der Waals surface area contributed by atoms with Crippen molar-refractivity contribution in [3.63, 3.8) is 0 Å². The molecule has 0 aromatic heterocycles. The molecular formula is C17H20ClNO2S. The Kier molecular flexibility index (Phi) is 5.62. The topological polar surface area (TPSA) is 46.2 Å². The van der Waals surface area contributed by atoms with Crippen molar-refractivity contribution in [2.45, 2.75) is 37.6 Å². The van der Waals surface area contributed by atoms with Gasteiger partial charge in [0.15, 0.2) is 0 Å². The van der Waals surface area contributed by atoms with E-state index in [9.17, 15) is 8.42 Å². The third-order valence-corrected chi connectivity index (χ3v) is 5.28. The maximum Gasteiger partial charge on any atom is 0.241 e. The van der Waals surface area contributed by atoms with Gasteiger partial charge in [-0.1, -0.05) is 49.2 Å². The molecule has 2 aromatic rings. The number of hydrogen-bond acceptors (Lipinski definition) is 2. The average Bonchev–Trinajstić information content (AvgIpc) is 2.48. The van der Waals surface area contributed by atoms with Crippen LogP contribution in [0.3, 0.4) is 0 Å². The van der Waals surface area contributed by atoms with Crippen LogP contribution < -0.4 is 4.72 Å². The lowest BCUT2D eigenvalue weighted by atomic mass is 10.1. The monoisotopic (exact) mass is 337 g/mol. The summed E-state index contributed by atoms with van der Waals surface area (Å²) >= 11 is 5.85. The van der Waals surface area contributed by atoms with Gasteiger partial charge in [-0.15, -0.1) is 0 Å². The molecular weight excluding hydrogens is 318 g/mol. The number of aryl methyl sites for hydroxylation is 1. The fourth-order valence-electron chi connectivity index (χ4n) is 2.24. The molecule has 0 aliphatic rings. The highest BCUT2D eigenvalue weighted by molar-refractivity contribution is 7.89. The van der Waals surface area contributed by atoms with Crippen LogP contribution in [0, 0.1) is 0 Å². The predicted octanol–water partition coefficient (Wildman–Crippen LogP) is 4.33. The molecule has 2 aromatic carbocycles. The molecule has 0 amide bonds. The molecule has 0 radical (unpaired) electrons. The van der Waals surface area contributed by atoms with Crippen LogP contribution in [0.25, 0.3) is 0 Å². The predicted molar refractivity (Wildman–Crippen MR) is 90.6 cm³/mol. The van der Waals surface area contributed by atoms with E-state index in [-0.39, 0.29) is 10.9 Å². The lowest BCUT2D eigenvalue weighted by Gasteiger charge is -2.15. The first-order valence-electron chi connectivity index (χ1n) is 7.29. The molecule has 1 unspecified atom stereocenters. The summed E-state index contributed by atoms with van der Waals surface area (Å²) in [5.41, 5.74) is 2.02. The largest absolute Gasteiger partial charge is 0.241 e. The highest BCUT2D eigenvalue weighted by atomic mass is 35.5. The van der Waals surface area contributed by atoms with Crippen molar-refractivity contribution in [2.24, 2.45) is 0 Å². The molecule has 5 heteroatoms. The molecule has 0 bridgehead atoms. The number of hydrogen-bond donors (Lipinski definition) is 1. The van der Waals surface area contributed by atoms with E-state index in [1.807, 2.05) is 31.2 Å². The summed E-state index contributed by atoms with van der Waals surface area (Å²) in [4.78, 5) is 0.285. The van der Waals surface area contributed by atoms with Crippen LogP contribution in [0.5, 0.6) is 0 Å². The normalized spacial score (nSPS) is 13.0. The third-order valence-electron chi connectivity index (χ3n) is 3.47. The fourth-order valence-corrected chi connectivity index (χ4v) is 3.60. The molecule has 118 valence electrons. The van der Waals surface area contributed by atoms with E-state index < -0.39 is 10.0 Å². The first-order valence-corrected chi connectivity index (χ1v) is 9.15. The van der Waals surface area contributed by atoms with E-state index in [0.29, 0.717) is 5.02 Å². The molecule has 3 nitrogen and oxygen atoms in total. The van der Waals surface area contributed by atoms with E-state index in [1.54, 1.807) is 24.3 Å². The van der Waals surface area contributed by atoms with E-state index >= 15 is 0 Å². The number of sulfonamides is 1. The van der Waals surface area contributed by atoms with Crippen LogP contribution in [0.2, 0.25) is 5.02 Å². The maximum atomic E-state index is 12.4. The summed E-state index contributed by atoms with van der Waals surface area (Å²) in [6.07, 6.45) is 1.99. The number of nitrogens with one attached hydrogen (secondary N) is 1. The Morgan fingerprint density at radius 3 is 2.18 bits per heavy atom. The fraction of sp³-hybridized carbons (Fsp3) is 0.294. The van der Waals surface area contributed by atoms with Gasteiger partial charge in [0.05, 0.1) is 4.90 Å². The Labute approximate surface area is 137 Å². The van der Waals surface area contributed by atoms with Crippen molar-refractivity contribution in [2.75, 3.05) is 0 Å². The standard InChI is InChI=1S/C17H20ClNO2S/c1-3-4-14-5-11-17(12-6-14)22(20,21)19-13(2)15-7-9-16(18)10-8-15/h5-13,19H,3-4H2,1-2H3. The summed E-state index contributed by atoms with van der Waals surface area (Å²) in [6.45, 7) is 3.91. The Bertz CT molecular complexity index is 709. The van der Waals surface area contributed by atoms with Crippen molar-refractivity contribution in [3.05, 3.63) is 64.7 Å². The molecule has 22 heavy (non-hydrogen) atoms. The molecule has 0 fully saturated rings. The van der Waals surface area contributed by atoms with Crippen molar-refractivity contribution in [1.29, 1.82) is 0 Å². The number of benzene rings is 2. The van der Waals surface area contributed by atoms with Gasteiger partial charge in [0.25, 0.3) is 0 Å². The Hall–Kier alpha value is -1.36. The second-order valence-electron chi connectivity index (χ2n) is 5.29. The summed E-state index contributed by atoms with van der Waals surface area (Å²) in [5.74, 6) is 0. The minimum atomic E-state index is -3.53. The summed E-state index contributed by atoms with van der Waals surface area (Å²) in [7, 11) is -3.53. The smallest absolute Gasteiger partial charge is 0.207 e. The maximum absolute atomic E-state index is 12.4. The Morgan fingerprint density at radius 1 is 1.05 bits per heavy atom. The van der Waals surface area contributed by atoms with E-state index in [4.69, 9.17) is 11.6 Å². The molecule has 0 spiro atoms. The van der Waals surface area contributed by atoms with Crippen molar-refractivity contribution >= 4 is 21.6 Å². The quantitative estimate of drug-likeness (QED) is 0.852. The summed E-state index contributed by atoms with van der Waals surface area (Å²) in [5, 5.41) is 0.630. The van der Waals surface area contributed by atoms with Crippen LogP contribution in [0.15, 0.2) is 53.4 Å². The van der Waals surface area contributed by atoms with E-state index in [0.717, 1.165) is 24.0 Å². The minimum Gasteiger partial charge on any atom is -0.207 e. The first-order chi connectivity index (χ1) is 10.4. The van der Waals surface area contributed by atoms with Gasteiger partial charge in [-0.3, -0.25) is 0 Å². The zero-order chi connectivity index (χ0) is 16.2. The summed E-state index contributed by atoms with van der Waals surface area (Å²) < 4.78 is 27.5. The van der Waals surface area contributed by atoms with Crippen LogP contribution in [-0.2, 0) is 16.4 Å². The van der Waals surface area contributed by atoms with Crippen LogP contribution in [0.1, 0.15) is 37.4 Å². The minimum absolute atomic E-state index is 0.285. The first kappa shape index (κ1) is 17.0. The average molecular weight is 338 g/mol. The van der Waals surface area contributed by atoms with E-state index in [2.05, 4.69) is 11.6 Å². The third kappa shape index (κ3) is 4.32. The van der Waals surface area contributed by atoms with Gasteiger partial charge in [0.2, 0.25) is 10.0 Å². The second kappa shape index (κ2) is 7.27. The van der Waals surface area contributed by atoms with Gasteiger partial charge < -0.3 is 0 Å². The highest BCUT2D eigenvalue weighted by Crippen LogP contribution is 2.19. The molecule has 1 N–H and O–H groups in total. The Balaban J connectivity index is 2.14. The van der Waals surface area contributed by atoms with E-state index in [1.165, 1.54) is 0 Å². The highest BCUT2D eigenvalue weighted by Gasteiger charge is 2.18. The zero-order valence-corrected chi connectivity index (χ0v) is 14.3. The molecule has 1 atom stereocenters.